The summed E-state index contributed by atoms with van der Waals surface area (Å²) < 4.78 is 0. The molecule has 12 heavy (non-hydrogen) atoms. The van der Waals surface area contributed by atoms with E-state index in [1.165, 1.54) is 16.6 Å². The molecule has 1 N–H and O–H groups in total. The van der Waals surface area contributed by atoms with Crippen molar-refractivity contribution in [2.24, 2.45) is 0 Å². The fourth-order valence-electron chi connectivity index (χ4n) is 1.37. The summed E-state index contributed by atoms with van der Waals surface area (Å²) in [5.41, 5.74) is 2.37. The molecule has 0 spiro atoms. The van der Waals surface area contributed by atoms with Crippen LogP contribution in [0.15, 0.2) is 36.4 Å². The Morgan fingerprint density at radius 1 is 1.25 bits per heavy atom. The zero-order chi connectivity index (χ0) is 8.39. The molecule has 0 saturated heterocycles. The second-order valence-corrected chi connectivity index (χ2v) is 2.81. The minimum Gasteiger partial charge on any atom is -0.355 e. The summed E-state index contributed by atoms with van der Waals surface area (Å²) in [5, 5.41) is 1.27. The molecule has 1 heterocycles. The molecule has 0 bridgehead atoms. The van der Waals surface area contributed by atoms with Crippen LogP contribution in [-0.2, 0) is 0 Å². The third-order valence-corrected chi connectivity index (χ3v) is 1.90. The molecular formula is C11H11N. The van der Waals surface area contributed by atoms with Crippen LogP contribution in [0.4, 0.5) is 0 Å². The molecule has 0 amide bonds. The number of aromatic nitrogens is 1. The van der Waals surface area contributed by atoms with Gasteiger partial charge in [-0.2, -0.15) is 0 Å². The lowest BCUT2D eigenvalue weighted by Crippen LogP contribution is -1.66. The van der Waals surface area contributed by atoms with Crippen LogP contribution < -0.4 is 0 Å². The minimum absolute atomic E-state index is 1.17. The molecule has 1 nitrogen and oxygen atoms in total. The number of nitrogens with one attached hydrogen (secondary N) is 1. The van der Waals surface area contributed by atoms with Crippen molar-refractivity contribution < 1.29 is 0 Å². The van der Waals surface area contributed by atoms with E-state index in [1.807, 2.05) is 19.1 Å². The number of rotatable bonds is 1. The molecule has 0 aliphatic carbocycles. The Balaban J connectivity index is 2.62. The zero-order valence-corrected chi connectivity index (χ0v) is 7.04. The molecule has 0 unspecified atom stereocenters. The van der Waals surface area contributed by atoms with Crippen LogP contribution in [0.2, 0.25) is 0 Å². The van der Waals surface area contributed by atoms with Crippen molar-refractivity contribution in [2.75, 3.05) is 0 Å². The number of para-hydroxylation sites is 1. The van der Waals surface area contributed by atoms with Gasteiger partial charge in [-0.3, -0.25) is 0 Å². The van der Waals surface area contributed by atoms with Gasteiger partial charge in [0.15, 0.2) is 0 Å². The van der Waals surface area contributed by atoms with Gasteiger partial charge < -0.3 is 4.98 Å². The van der Waals surface area contributed by atoms with Gasteiger partial charge in [-0.15, -0.1) is 0 Å². The van der Waals surface area contributed by atoms with Crippen LogP contribution in [0.1, 0.15) is 12.6 Å². The molecule has 1 heteroatoms. The van der Waals surface area contributed by atoms with Crippen molar-refractivity contribution in [1.29, 1.82) is 0 Å². The zero-order valence-electron chi connectivity index (χ0n) is 7.04. The number of hydrogen-bond acceptors (Lipinski definition) is 0. The number of aromatic amines is 1. The highest BCUT2D eigenvalue weighted by molar-refractivity contribution is 5.82. The normalized spacial score (nSPS) is 11.4. The summed E-state index contributed by atoms with van der Waals surface area (Å²) >= 11 is 0. The highest BCUT2D eigenvalue weighted by atomic mass is 14.7. The van der Waals surface area contributed by atoms with Crippen molar-refractivity contribution in [3.8, 4) is 0 Å². The van der Waals surface area contributed by atoms with E-state index in [0.717, 1.165) is 0 Å². The molecule has 2 rings (SSSR count). The van der Waals surface area contributed by atoms with E-state index < -0.39 is 0 Å². The summed E-state index contributed by atoms with van der Waals surface area (Å²) in [6.07, 6.45) is 4.10. The van der Waals surface area contributed by atoms with Gasteiger partial charge in [0.05, 0.1) is 0 Å². The van der Waals surface area contributed by atoms with E-state index in [2.05, 4.69) is 35.3 Å². The van der Waals surface area contributed by atoms with Gasteiger partial charge in [-0.25, -0.2) is 0 Å². The number of hydrogen-bond donors (Lipinski definition) is 1. The lowest BCUT2D eigenvalue weighted by atomic mass is 10.2. The Labute approximate surface area is 71.7 Å². The molecule has 0 saturated carbocycles. The monoisotopic (exact) mass is 157 g/mol. The number of benzene rings is 1. The quantitative estimate of drug-likeness (QED) is 0.654. The topological polar surface area (TPSA) is 15.8 Å². The molecule has 0 fully saturated rings. The Hall–Kier alpha value is -1.50. The first kappa shape index (κ1) is 7.17. The predicted octanol–water partition coefficient (Wildman–Crippen LogP) is 3.20. The van der Waals surface area contributed by atoms with Crippen LogP contribution in [0.25, 0.3) is 17.0 Å². The third-order valence-electron chi connectivity index (χ3n) is 1.90. The maximum absolute atomic E-state index is 3.31. The fourth-order valence-corrected chi connectivity index (χ4v) is 1.37. The van der Waals surface area contributed by atoms with Crippen LogP contribution in [-0.4, -0.2) is 4.98 Å². The molecule has 60 valence electrons. The van der Waals surface area contributed by atoms with E-state index in [1.54, 1.807) is 0 Å². The second-order valence-electron chi connectivity index (χ2n) is 2.81. The van der Waals surface area contributed by atoms with Crippen molar-refractivity contribution in [1.82, 2.24) is 4.98 Å². The Morgan fingerprint density at radius 2 is 2.08 bits per heavy atom. The summed E-state index contributed by atoms with van der Waals surface area (Å²) in [4.78, 5) is 3.31. The first-order valence-electron chi connectivity index (χ1n) is 4.10. The van der Waals surface area contributed by atoms with Crippen LogP contribution in [0, 0.1) is 0 Å². The molecule has 0 radical (unpaired) electrons. The van der Waals surface area contributed by atoms with Crippen molar-refractivity contribution in [3.63, 3.8) is 0 Å². The van der Waals surface area contributed by atoms with Crippen molar-refractivity contribution in [2.45, 2.75) is 6.92 Å². The Morgan fingerprint density at radius 3 is 2.83 bits per heavy atom. The highest BCUT2D eigenvalue weighted by Crippen LogP contribution is 2.15. The van der Waals surface area contributed by atoms with Crippen molar-refractivity contribution in [3.05, 3.63) is 42.1 Å². The van der Waals surface area contributed by atoms with Gasteiger partial charge >= 0.3 is 0 Å². The predicted molar refractivity (Wildman–Crippen MR) is 53.0 cm³/mol. The maximum atomic E-state index is 3.31. The van der Waals surface area contributed by atoms with Gasteiger partial charge in [0.25, 0.3) is 0 Å². The summed E-state index contributed by atoms with van der Waals surface area (Å²) in [6, 6.07) is 10.4. The second kappa shape index (κ2) is 2.86. The van der Waals surface area contributed by atoms with Crippen LogP contribution >= 0.6 is 0 Å². The molecule has 0 atom stereocenters. The first-order valence-corrected chi connectivity index (χ1v) is 4.10. The largest absolute Gasteiger partial charge is 0.355 e. The molecule has 0 aliphatic rings. The molecule has 2 aromatic rings. The minimum atomic E-state index is 1.17. The third kappa shape index (κ3) is 1.14. The SMILES string of the molecule is CC=Cc1cc2ccccc2[nH]1. The summed E-state index contributed by atoms with van der Waals surface area (Å²) in [5.74, 6) is 0. The van der Waals surface area contributed by atoms with Gasteiger partial charge in [-0.1, -0.05) is 24.3 Å². The molecule has 0 aliphatic heterocycles. The molecule has 1 aromatic carbocycles. The van der Waals surface area contributed by atoms with Gasteiger partial charge in [0.2, 0.25) is 0 Å². The van der Waals surface area contributed by atoms with Crippen LogP contribution in [0.3, 0.4) is 0 Å². The first-order chi connectivity index (χ1) is 5.90. The van der Waals surface area contributed by atoms with E-state index >= 15 is 0 Å². The van der Waals surface area contributed by atoms with Gasteiger partial charge in [-0.05, 0) is 30.5 Å². The fraction of sp³-hybridized carbons (Fsp3) is 0.0909. The number of H-pyrrole nitrogens is 1. The van der Waals surface area contributed by atoms with E-state index in [0.29, 0.717) is 0 Å². The lowest BCUT2D eigenvalue weighted by molar-refractivity contribution is 1.43. The number of fused-ring (bicyclic) bond motifs is 1. The average molecular weight is 157 g/mol. The van der Waals surface area contributed by atoms with Crippen molar-refractivity contribution >= 4 is 17.0 Å². The lowest BCUT2D eigenvalue weighted by Gasteiger charge is -1.84. The smallest absolute Gasteiger partial charge is 0.0458 e. The Bertz CT molecular complexity index is 377. The summed E-state index contributed by atoms with van der Waals surface area (Å²) in [6.45, 7) is 2.02. The van der Waals surface area contributed by atoms with Gasteiger partial charge in [0.1, 0.15) is 0 Å². The van der Waals surface area contributed by atoms with Gasteiger partial charge in [0, 0.05) is 11.2 Å². The maximum Gasteiger partial charge on any atom is 0.0458 e. The standard InChI is InChI=1S/C11H11N/c1-2-5-10-8-9-6-3-4-7-11(9)12-10/h2-8,12H,1H3. The molecule has 1 aromatic heterocycles. The summed E-state index contributed by atoms with van der Waals surface area (Å²) in [7, 11) is 0. The van der Waals surface area contributed by atoms with Crippen LogP contribution in [0.5, 0.6) is 0 Å². The van der Waals surface area contributed by atoms with E-state index in [9.17, 15) is 0 Å². The molecular weight excluding hydrogens is 146 g/mol. The van der Waals surface area contributed by atoms with E-state index in [-0.39, 0.29) is 0 Å². The average Bonchev–Trinajstić information content (AvgIpc) is 2.47. The van der Waals surface area contributed by atoms with E-state index in [4.69, 9.17) is 0 Å². The Kier molecular flexibility index (Phi) is 1.71. The highest BCUT2D eigenvalue weighted by Gasteiger charge is 1.94. The number of allylic oxidation sites excluding steroid dienone is 1.